The van der Waals surface area contributed by atoms with Crippen LogP contribution in [0.4, 0.5) is 11.4 Å². The summed E-state index contributed by atoms with van der Waals surface area (Å²) in [6.07, 6.45) is 1.88. The lowest BCUT2D eigenvalue weighted by Gasteiger charge is -2.33. The van der Waals surface area contributed by atoms with Crippen LogP contribution in [0, 0.1) is 0 Å². The molecule has 0 unspecified atom stereocenters. The Morgan fingerprint density at radius 1 is 0.909 bits per heavy atom. The van der Waals surface area contributed by atoms with Crippen molar-refractivity contribution in [1.29, 1.82) is 0 Å². The summed E-state index contributed by atoms with van der Waals surface area (Å²) in [6.45, 7) is 5.39. The molecule has 1 aromatic heterocycles. The zero-order chi connectivity index (χ0) is 30.0. The van der Waals surface area contributed by atoms with Crippen molar-refractivity contribution in [2.45, 2.75) is 38.9 Å². The molecule has 2 aliphatic heterocycles. The summed E-state index contributed by atoms with van der Waals surface area (Å²) in [4.78, 5) is 38.1. The summed E-state index contributed by atoms with van der Waals surface area (Å²) in [5.74, 6) is 0.527. The maximum Gasteiger partial charge on any atom is 0.338 e. The highest BCUT2D eigenvalue weighted by Crippen LogP contribution is 2.34. The zero-order valence-electron chi connectivity index (χ0n) is 24.8. The number of nitrogens with one attached hydrogen (secondary N) is 1. The van der Waals surface area contributed by atoms with E-state index in [1.165, 1.54) is 5.56 Å². The van der Waals surface area contributed by atoms with Crippen molar-refractivity contribution in [3.8, 4) is 0 Å². The van der Waals surface area contributed by atoms with E-state index in [2.05, 4.69) is 51.2 Å². The number of likely N-dealkylation sites (tertiary alicyclic amines) is 1. The second-order valence-electron chi connectivity index (χ2n) is 11.4. The largest absolute Gasteiger partial charge is 0.462 e. The minimum absolute atomic E-state index is 0.0184. The van der Waals surface area contributed by atoms with Crippen LogP contribution < -0.4 is 10.6 Å². The molecule has 0 bridgehead atoms. The van der Waals surface area contributed by atoms with Crippen molar-refractivity contribution < 1.29 is 9.53 Å². The first kappa shape index (κ1) is 27.9. The van der Waals surface area contributed by atoms with Crippen LogP contribution in [0.5, 0.6) is 0 Å². The molecule has 0 saturated carbocycles. The lowest BCUT2D eigenvalue weighted by atomic mass is 10.0. The van der Waals surface area contributed by atoms with E-state index in [4.69, 9.17) is 9.73 Å². The van der Waals surface area contributed by atoms with Crippen LogP contribution in [0.15, 0.2) is 107 Å². The molecule has 1 saturated heterocycles. The fraction of sp³-hybridized carbons (Fsp3) is 0.250. The zero-order valence-corrected chi connectivity index (χ0v) is 24.8. The lowest BCUT2D eigenvalue weighted by Crippen LogP contribution is -2.36. The average molecular weight is 586 g/mol. The average Bonchev–Trinajstić information content (AvgIpc) is 3.40. The maximum absolute atomic E-state index is 12.7. The van der Waals surface area contributed by atoms with Crippen LogP contribution in [0.25, 0.3) is 11.0 Å². The molecule has 5 aromatic rings. The third kappa shape index (κ3) is 5.33. The molecule has 0 atom stereocenters. The Morgan fingerprint density at radius 2 is 1.66 bits per heavy atom. The van der Waals surface area contributed by atoms with E-state index in [-0.39, 0.29) is 17.7 Å². The number of anilines is 1. The molecule has 0 amide bonds. The van der Waals surface area contributed by atoms with Gasteiger partial charge in [-0.05, 0) is 61.7 Å². The fourth-order valence-electron chi connectivity index (χ4n) is 6.48. The number of imidazole rings is 1. The number of aliphatic imine (C=N–C) groups is 1. The number of hydrogen-bond donors (Lipinski definition) is 1. The molecule has 0 aliphatic carbocycles. The lowest BCUT2D eigenvalue weighted by molar-refractivity contribution is 0.0525. The minimum Gasteiger partial charge on any atom is -0.462 e. The molecule has 1 N–H and O–H groups in total. The molecule has 2 aliphatic rings. The van der Waals surface area contributed by atoms with Gasteiger partial charge in [0.25, 0.3) is 0 Å². The molecule has 7 rings (SSSR count). The molecule has 222 valence electrons. The summed E-state index contributed by atoms with van der Waals surface area (Å²) >= 11 is 0. The van der Waals surface area contributed by atoms with Gasteiger partial charge in [0.2, 0.25) is 0 Å². The number of para-hydroxylation sites is 3. The summed E-state index contributed by atoms with van der Waals surface area (Å²) < 4.78 is 7.29. The molecule has 3 heterocycles. The highest BCUT2D eigenvalue weighted by atomic mass is 16.5. The Labute approximate surface area is 256 Å². The topological polar surface area (TPSA) is 82.9 Å². The quantitative estimate of drug-likeness (QED) is 0.222. The van der Waals surface area contributed by atoms with Crippen molar-refractivity contribution in [2.24, 2.45) is 4.99 Å². The number of nitrogens with zero attached hydrogens (tertiary/aromatic N) is 4. The molecular weight excluding hydrogens is 550 g/mol. The van der Waals surface area contributed by atoms with Gasteiger partial charge in [0, 0.05) is 42.5 Å². The smallest absolute Gasteiger partial charge is 0.338 e. The van der Waals surface area contributed by atoms with Crippen LogP contribution >= 0.6 is 0 Å². The molecule has 44 heavy (non-hydrogen) atoms. The number of H-pyrrole nitrogens is 1. The van der Waals surface area contributed by atoms with Crippen LogP contribution in [0.1, 0.15) is 52.9 Å². The van der Waals surface area contributed by atoms with Gasteiger partial charge in [-0.1, -0.05) is 60.7 Å². The van der Waals surface area contributed by atoms with Gasteiger partial charge < -0.3 is 14.6 Å². The van der Waals surface area contributed by atoms with E-state index < -0.39 is 0 Å². The van der Waals surface area contributed by atoms with Gasteiger partial charge in [-0.3, -0.25) is 9.47 Å². The van der Waals surface area contributed by atoms with Crippen molar-refractivity contribution in [2.75, 3.05) is 24.6 Å². The van der Waals surface area contributed by atoms with Crippen LogP contribution in [-0.2, 0) is 17.8 Å². The highest BCUT2D eigenvalue weighted by Gasteiger charge is 2.27. The number of carbonyl (C=O) groups is 1. The van der Waals surface area contributed by atoms with E-state index in [0.29, 0.717) is 18.7 Å². The van der Waals surface area contributed by atoms with Crippen LogP contribution in [-0.4, -0.2) is 46.0 Å². The number of aromatic nitrogens is 2. The Bertz CT molecular complexity index is 1880. The van der Waals surface area contributed by atoms with Gasteiger partial charge in [0.05, 0.1) is 35.4 Å². The van der Waals surface area contributed by atoms with Gasteiger partial charge in [-0.15, -0.1) is 0 Å². The van der Waals surface area contributed by atoms with E-state index in [0.717, 1.165) is 71.8 Å². The number of ether oxygens (including phenoxy) is 1. The van der Waals surface area contributed by atoms with Crippen molar-refractivity contribution in [3.63, 3.8) is 0 Å². The second kappa shape index (κ2) is 12.0. The predicted molar refractivity (Wildman–Crippen MR) is 174 cm³/mol. The van der Waals surface area contributed by atoms with Gasteiger partial charge >= 0.3 is 11.7 Å². The van der Waals surface area contributed by atoms with E-state index >= 15 is 0 Å². The Balaban J connectivity index is 1.10. The van der Waals surface area contributed by atoms with E-state index in [9.17, 15) is 9.59 Å². The Kier molecular flexibility index (Phi) is 7.58. The Hall–Kier alpha value is -4.95. The predicted octanol–water partition coefficient (Wildman–Crippen LogP) is 6.44. The van der Waals surface area contributed by atoms with Gasteiger partial charge in [0.1, 0.15) is 5.84 Å². The molecule has 8 heteroatoms. The first-order chi connectivity index (χ1) is 21.6. The number of amidine groups is 1. The van der Waals surface area contributed by atoms with Crippen molar-refractivity contribution in [1.82, 2.24) is 14.5 Å². The molecular formula is C36H35N5O3. The number of piperidine rings is 1. The molecule has 4 aromatic carbocycles. The second-order valence-corrected chi connectivity index (χ2v) is 11.4. The number of rotatable bonds is 7. The number of fused-ring (bicyclic) bond motifs is 2. The van der Waals surface area contributed by atoms with Crippen molar-refractivity contribution >= 4 is 34.2 Å². The van der Waals surface area contributed by atoms with Gasteiger partial charge in [-0.2, -0.15) is 0 Å². The standard InChI is InChI=1S/C36H35N5O3/c1-2-44-35(42)29-11-8-13-31-30(29)24-40(27-9-4-3-5-10-27)34(37-31)26-17-15-25(16-18-26)23-39-21-19-28(20-22-39)41-33-14-7-6-12-32(33)38-36(41)43/h3-18,28H,2,19-24H2,1H3,(H,38,43). The number of benzene rings is 4. The van der Waals surface area contributed by atoms with E-state index in [1.54, 1.807) is 0 Å². The summed E-state index contributed by atoms with van der Waals surface area (Å²) in [7, 11) is 0. The fourth-order valence-corrected chi connectivity index (χ4v) is 6.48. The maximum atomic E-state index is 12.7. The molecule has 0 spiro atoms. The van der Waals surface area contributed by atoms with Gasteiger partial charge in [0.15, 0.2) is 0 Å². The van der Waals surface area contributed by atoms with Crippen molar-refractivity contribution in [3.05, 3.63) is 130 Å². The normalized spacial score (nSPS) is 15.7. The first-order valence-electron chi connectivity index (χ1n) is 15.3. The molecule has 1 fully saturated rings. The number of aromatic amines is 1. The Morgan fingerprint density at radius 3 is 2.43 bits per heavy atom. The molecule has 8 nitrogen and oxygen atoms in total. The minimum atomic E-state index is -0.321. The third-order valence-corrected chi connectivity index (χ3v) is 8.68. The number of hydrogen-bond acceptors (Lipinski definition) is 6. The highest BCUT2D eigenvalue weighted by molar-refractivity contribution is 6.12. The van der Waals surface area contributed by atoms with Crippen LogP contribution in [0.3, 0.4) is 0 Å². The third-order valence-electron chi connectivity index (χ3n) is 8.68. The number of carbonyl (C=O) groups excluding carboxylic acids is 1. The number of esters is 1. The monoisotopic (exact) mass is 585 g/mol. The summed E-state index contributed by atoms with van der Waals surface area (Å²) in [5, 5.41) is 0. The summed E-state index contributed by atoms with van der Waals surface area (Å²) in [6, 6.07) is 32.6. The first-order valence-corrected chi connectivity index (χ1v) is 15.3. The molecule has 0 radical (unpaired) electrons. The van der Waals surface area contributed by atoms with Crippen LogP contribution in [0.2, 0.25) is 0 Å². The van der Waals surface area contributed by atoms with E-state index in [1.807, 2.05) is 72.2 Å². The summed E-state index contributed by atoms with van der Waals surface area (Å²) in [5.41, 5.74) is 7.35. The SMILES string of the molecule is CCOC(=O)c1cccc2c1CN(c1ccccc1)C(c1ccc(CN3CCC(n4c(=O)[nH]c5ccccc54)CC3)cc1)=N2. The van der Waals surface area contributed by atoms with Gasteiger partial charge in [-0.25, -0.2) is 14.6 Å².